The molecule has 2 atom stereocenters. The molecule has 1 saturated heterocycles. The number of hydrogen-bond acceptors (Lipinski definition) is 3. The number of ether oxygens (including phenoxy) is 1. The van der Waals surface area contributed by atoms with Gasteiger partial charge in [0, 0.05) is 12.7 Å². The Balaban J connectivity index is 1.90. The number of nitrogens with one attached hydrogen (secondary N) is 1. The number of rotatable bonds is 2. The van der Waals surface area contributed by atoms with Gasteiger partial charge in [-0.15, -0.1) is 0 Å². The monoisotopic (exact) mass is 230 g/mol. The van der Waals surface area contributed by atoms with E-state index in [0.717, 1.165) is 36.4 Å². The number of fused-ring (bicyclic) bond motifs is 1. The molecule has 1 aliphatic heterocycles. The van der Waals surface area contributed by atoms with Crippen molar-refractivity contribution in [3.8, 4) is 5.75 Å². The van der Waals surface area contributed by atoms with E-state index in [9.17, 15) is 0 Å². The molecule has 3 nitrogen and oxygen atoms in total. The van der Waals surface area contributed by atoms with Crippen LogP contribution in [0.1, 0.15) is 17.7 Å². The molecule has 0 spiro atoms. The van der Waals surface area contributed by atoms with Crippen molar-refractivity contribution >= 4 is 5.57 Å². The molecule has 17 heavy (non-hydrogen) atoms. The number of aromatic nitrogens is 1. The molecule has 0 saturated carbocycles. The van der Waals surface area contributed by atoms with Crippen molar-refractivity contribution in [2.24, 2.45) is 11.8 Å². The summed E-state index contributed by atoms with van der Waals surface area (Å²) >= 11 is 0. The summed E-state index contributed by atoms with van der Waals surface area (Å²) in [4.78, 5) is 4.41. The Bertz CT molecular complexity index is 467. The highest BCUT2D eigenvalue weighted by Crippen LogP contribution is 2.38. The quantitative estimate of drug-likeness (QED) is 0.844. The Kier molecular flexibility index (Phi) is 2.63. The van der Waals surface area contributed by atoms with Crippen LogP contribution in [0.2, 0.25) is 0 Å². The van der Waals surface area contributed by atoms with Crippen LogP contribution < -0.4 is 10.1 Å². The smallest absolute Gasteiger partial charge is 0.140 e. The summed E-state index contributed by atoms with van der Waals surface area (Å²) in [6.07, 6.45) is 5.56. The zero-order chi connectivity index (χ0) is 11.8. The number of aryl methyl sites for hydroxylation is 1. The highest BCUT2D eigenvalue weighted by molar-refractivity contribution is 5.69. The first kappa shape index (κ1) is 10.8. The lowest BCUT2D eigenvalue weighted by Crippen LogP contribution is -2.09. The maximum Gasteiger partial charge on any atom is 0.140 e. The van der Waals surface area contributed by atoms with Crippen LogP contribution in [0, 0.1) is 18.8 Å². The first-order valence-electron chi connectivity index (χ1n) is 6.20. The van der Waals surface area contributed by atoms with Crippen molar-refractivity contribution in [2.75, 3.05) is 20.2 Å². The molecule has 1 aliphatic carbocycles. The van der Waals surface area contributed by atoms with Gasteiger partial charge in [0.05, 0.1) is 12.8 Å². The van der Waals surface area contributed by atoms with E-state index in [1.165, 1.54) is 17.6 Å². The second-order valence-electron chi connectivity index (χ2n) is 4.99. The van der Waals surface area contributed by atoms with E-state index in [2.05, 4.69) is 22.4 Å². The minimum Gasteiger partial charge on any atom is -0.495 e. The fourth-order valence-electron chi connectivity index (χ4n) is 2.89. The van der Waals surface area contributed by atoms with E-state index in [1.807, 2.05) is 13.1 Å². The third-order valence-corrected chi connectivity index (χ3v) is 3.92. The summed E-state index contributed by atoms with van der Waals surface area (Å²) < 4.78 is 5.34. The number of nitrogens with zero attached hydrogens (tertiary/aromatic N) is 1. The second kappa shape index (κ2) is 4.15. The van der Waals surface area contributed by atoms with E-state index in [0.29, 0.717) is 0 Å². The van der Waals surface area contributed by atoms with E-state index in [4.69, 9.17) is 4.74 Å². The van der Waals surface area contributed by atoms with Gasteiger partial charge in [0.15, 0.2) is 0 Å². The van der Waals surface area contributed by atoms with Crippen LogP contribution in [0.5, 0.6) is 5.75 Å². The fraction of sp³-hybridized carbons (Fsp3) is 0.500. The summed E-state index contributed by atoms with van der Waals surface area (Å²) in [6.45, 7) is 4.26. The van der Waals surface area contributed by atoms with Crippen molar-refractivity contribution in [1.82, 2.24) is 10.3 Å². The van der Waals surface area contributed by atoms with Crippen molar-refractivity contribution in [2.45, 2.75) is 13.3 Å². The Morgan fingerprint density at radius 3 is 3.06 bits per heavy atom. The number of methoxy groups -OCH3 is 1. The highest BCUT2D eigenvalue weighted by atomic mass is 16.5. The van der Waals surface area contributed by atoms with E-state index in [1.54, 1.807) is 7.11 Å². The Morgan fingerprint density at radius 1 is 1.41 bits per heavy atom. The Hall–Kier alpha value is -1.35. The lowest BCUT2D eigenvalue weighted by atomic mass is 9.99. The van der Waals surface area contributed by atoms with Gasteiger partial charge in [0.25, 0.3) is 0 Å². The molecule has 1 fully saturated rings. The van der Waals surface area contributed by atoms with E-state index < -0.39 is 0 Å². The van der Waals surface area contributed by atoms with Crippen LogP contribution in [0.3, 0.4) is 0 Å². The van der Waals surface area contributed by atoms with Gasteiger partial charge in [-0.2, -0.15) is 0 Å². The van der Waals surface area contributed by atoms with Gasteiger partial charge in [-0.1, -0.05) is 6.08 Å². The molecule has 0 aromatic carbocycles. The van der Waals surface area contributed by atoms with Gasteiger partial charge in [0.1, 0.15) is 5.75 Å². The lowest BCUT2D eigenvalue weighted by molar-refractivity contribution is 0.409. The van der Waals surface area contributed by atoms with Gasteiger partial charge in [-0.25, -0.2) is 0 Å². The average molecular weight is 230 g/mol. The van der Waals surface area contributed by atoms with Gasteiger partial charge in [-0.3, -0.25) is 4.98 Å². The summed E-state index contributed by atoms with van der Waals surface area (Å²) in [5, 5.41) is 3.44. The molecule has 3 rings (SSSR count). The molecule has 0 radical (unpaired) electrons. The largest absolute Gasteiger partial charge is 0.495 e. The van der Waals surface area contributed by atoms with Crippen molar-refractivity contribution in [3.63, 3.8) is 0 Å². The Morgan fingerprint density at radius 2 is 2.29 bits per heavy atom. The third kappa shape index (κ3) is 1.84. The minimum atomic E-state index is 0.720. The first-order chi connectivity index (χ1) is 8.28. The van der Waals surface area contributed by atoms with Gasteiger partial charge in [0.2, 0.25) is 0 Å². The zero-order valence-electron chi connectivity index (χ0n) is 10.4. The normalized spacial score (nSPS) is 26.8. The molecule has 2 unspecified atom stereocenters. The Labute approximate surface area is 102 Å². The molecule has 0 amide bonds. The van der Waals surface area contributed by atoms with E-state index in [-0.39, 0.29) is 0 Å². The average Bonchev–Trinajstić information content (AvgIpc) is 2.90. The minimum absolute atomic E-state index is 0.720. The highest BCUT2D eigenvalue weighted by Gasteiger charge is 2.31. The van der Waals surface area contributed by atoms with Crippen LogP contribution in [0.4, 0.5) is 0 Å². The molecule has 0 bridgehead atoms. The number of allylic oxidation sites excluding steroid dienone is 1. The molecule has 1 aromatic rings. The SMILES string of the molecule is COc1cc(C2=CC3CNCC3C2)cnc1C. The van der Waals surface area contributed by atoms with Crippen molar-refractivity contribution < 1.29 is 4.74 Å². The molecule has 1 N–H and O–H groups in total. The molecule has 1 aromatic heterocycles. The summed E-state index contributed by atoms with van der Waals surface area (Å²) in [5.74, 6) is 2.40. The topological polar surface area (TPSA) is 34.1 Å². The van der Waals surface area contributed by atoms with E-state index >= 15 is 0 Å². The van der Waals surface area contributed by atoms with Gasteiger partial charge in [-0.05, 0) is 48.9 Å². The summed E-state index contributed by atoms with van der Waals surface area (Å²) in [7, 11) is 1.70. The van der Waals surface area contributed by atoms with Crippen LogP contribution in [-0.2, 0) is 0 Å². The summed E-state index contributed by atoms with van der Waals surface area (Å²) in [6, 6.07) is 2.11. The van der Waals surface area contributed by atoms with Gasteiger partial charge >= 0.3 is 0 Å². The lowest BCUT2D eigenvalue weighted by Gasteiger charge is -2.09. The third-order valence-electron chi connectivity index (χ3n) is 3.92. The van der Waals surface area contributed by atoms with Gasteiger partial charge < -0.3 is 10.1 Å². The zero-order valence-corrected chi connectivity index (χ0v) is 10.4. The van der Waals surface area contributed by atoms with Crippen LogP contribution >= 0.6 is 0 Å². The standard InChI is InChI=1S/C14H18N2O/c1-9-14(17-2)5-13(8-16-9)10-3-11-6-15-7-12(11)4-10/h3,5,8,11-12,15H,4,6-7H2,1-2H3. The molecular weight excluding hydrogens is 212 g/mol. The van der Waals surface area contributed by atoms with Crippen LogP contribution in [0.15, 0.2) is 18.3 Å². The number of pyridine rings is 1. The predicted octanol–water partition coefficient (Wildman–Crippen LogP) is 2.02. The fourth-order valence-corrected chi connectivity index (χ4v) is 2.89. The molecule has 3 heteroatoms. The molecule has 2 heterocycles. The number of hydrogen-bond donors (Lipinski definition) is 1. The molecular formula is C14H18N2O. The predicted molar refractivity (Wildman–Crippen MR) is 68.0 cm³/mol. The molecule has 90 valence electrons. The van der Waals surface area contributed by atoms with Crippen LogP contribution in [-0.4, -0.2) is 25.2 Å². The second-order valence-corrected chi connectivity index (χ2v) is 4.99. The maximum atomic E-state index is 5.34. The summed E-state index contributed by atoms with van der Waals surface area (Å²) in [5.41, 5.74) is 3.62. The first-order valence-corrected chi connectivity index (χ1v) is 6.20. The van der Waals surface area contributed by atoms with Crippen molar-refractivity contribution in [3.05, 3.63) is 29.6 Å². The van der Waals surface area contributed by atoms with Crippen molar-refractivity contribution in [1.29, 1.82) is 0 Å². The van der Waals surface area contributed by atoms with Crippen LogP contribution in [0.25, 0.3) is 5.57 Å². The molecule has 2 aliphatic rings. The maximum absolute atomic E-state index is 5.34.